The molecular formula is C10H4ClN5. The summed E-state index contributed by atoms with van der Waals surface area (Å²) in [5.41, 5.74) is 0.309. The molecule has 6 heteroatoms. The van der Waals surface area contributed by atoms with Gasteiger partial charge >= 0.3 is 0 Å². The third kappa shape index (κ3) is 1.50. The molecule has 0 aliphatic rings. The van der Waals surface area contributed by atoms with Crippen molar-refractivity contribution in [2.75, 3.05) is 0 Å². The monoisotopic (exact) mass is 229 g/mol. The highest BCUT2D eigenvalue weighted by Crippen LogP contribution is 2.22. The Kier molecular flexibility index (Phi) is 2.55. The molecule has 0 spiro atoms. The van der Waals surface area contributed by atoms with Crippen LogP contribution in [-0.2, 0) is 0 Å². The van der Waals surface area contributed by atoms with Gasteiger partial charge in [-0.3, -0.25) is 4.57 Å². The van der Waals surface area contributed by atoms with Gasteiger partial charge in [-0.1, -0.05) is 11.6 Å². The van der Waals surface area contributed by atoms with Crippen molar-refractivity contribution in [1.29, 1.82) is 10.5 Å². The van der Waals surface area contributed by atoms with Crippen LogP contribution in [0.2, 0.25) is 5.02 Å². The molecule has 0 aliphatic carbocycles. The van der Waals surface area contributed by atoms with Gasteiger partial charge in [0.15, 0.2) is 5.82 Å². The van der Waals surface area contributed by atoms with Gasteiger partial charge in [-0.15, -0.1) is 0 Å². The number of imidazole rings is 1. The lowest BCUT2D eigenvalue weighted by molar-refractivity contribution is 0.966. The third-order valence-corrected chi connectivity index (χ3v) is 2.33. The van der Waals surface area contributed by atoms with E-state index in [1.54, 1.807) is 6.20 Å². The summed E-state index contributed by atoms with van der Waals surface area (Å²) in [5, 5.41) is 17.8. The van der Waals surface area contributed by atoms with E-state index in [2.05, 4.69) is 9.97 Å². The van der Waals surface area contributed by atoms with Crippen LogP contribution >= 0.6 is 11.6 Å². The topological polar surface area (TPSA) is 78.3 Å². The van der Waals surface area contributed by atoms with Crippen LogP contribution in [0.1, 0.15) is 11.4 Å². The van der Waals surface area contributed by atoms with E-state index in [9.17, 15) is 0 Å². The molecule has 0 saturated heterocycles. The fraction of sp³-hybridized carbons (Fsp3) is 0. The second-order valence-electron chi connectivity index (χ2n) is 2.84. The summed E-state index contributed by atoms with van der Waals surface area (Å²) in [6.07, 6.45) is 4.49. The highest BCUT2D eigenvalue weighted by molar-refractivity contribution is 6.33. The Hall–Kier alpha value is -2.37. The van der Waals surface area contributed by atoms with Crippen LogP contribution in [0.5, 0.6) is 0 Å². The number of nitrogens with zero attached hydrogens (tertiary/aromatic N) is 5. The van der Waals surface area contributed by atoms with Gasteiger partial charge in [0.2, 0.25) is 5.82 Å². The second-order valence-corrected chi connectivity index (χ2v) is 3.22. The van der Waals surface area contributed by atoms with Crippen molar-refractivity contribution in [2.24, 2.45) is 0 Å². The average molecular weight is 230 g/mol. The fourth-order valence-electron chi connectivity index (χ4n) is 1.24. The van der Waals surface area contributed by atoms with E-state index < -0.39 is 0 Å². The minimum atomic E-state index is 0.171. The highest BCUT2D eigenvalue weighted by atomic mass is 35.5. The maximum Gasteiger partial charge on any atom is 0.218 e. The zero-order valence-corrected chi connectivity index (χ0v) is 8.68. The van der Waals surface area contributed by atoms with E-state index in [1.165, 1.54) is 23.0 Å². The van der Waals surface area contributed by atoms with E-state index in [-0.39, 0.29) is 10.8 Å². The van der Waals surface area contributed by atoms with Crippen LogP contribution in [-0.4, -0.2) is 14.5 Å². The number of pyridine rings is 1. The molecule has 0 N–H and O–H groups in total. The molecule has 0 aromatic carbocycles. The number of hydrogen-bond acceptors (Lipinski definition) is 4. The van der Waals surface area contributed by atoms with E-state index in [0.29, 0.717) is 11.4 Å². The molecule has 2 aromatic heterocycles. The van der Waals surface area contributed by atoms with E-state index in [4.69, 9.17) is 22.1 Å². The predicted octanol–water partition coefficient (Wildman–Crippen LogP) is 1.66. The lowest BCUT2D eigenvalue weighted by Gasteiger charge is -2.05. The molecule has 0 saturated carbocycles. The Morgan fingerprint density at radius 1 is 1.19 bits per heavy atom. The van der Waals surface area contributed by atoms with Crippen LogP contribution in [0, 0.1) is 22.7 Å². The van der Waals surface area contributed by atoms with Gasteiger partial charge in [-0.2, -0.15) is 10.5 Å². The average Bonchev–Trinajstić information content (AvgIpc) is 2.77. The molecule has 0 bridgehead atoms. The molecule has 0 unspecified atom stereocenters. The molecule has 0 aliphatic heterocycles. The van der Waals surface area contributed by atoms with Gasteiger partial charge in [0.25, 0.3) is 0 Å². The summed E-state index contributed by atoms with van der Waals surface area (Å²) < 4.78 is 1.43. The summed E-state index contributed by atoms with van der Waals surface area (Å²) in [5.74, 6) is 0.499. The van der Waals surface area contributed by atoms with Crippen molar-refractivity contribution in [3.63, 3.8) is 0 Å². The van der Waals surface area contributed by atoms with Crippen molar-refractivity contribution >= 4 is 11.6 Å². The first-order valence-electron chi connectivity index (χ1n) is 4.26. The van der Waals surface area contributed by atoms with E-state index in [0.717, 1.165) is 0 Å². The standard InChI is InChI=1S/C10H4ClN5/c11-9-7(5-12)1-2-15-10(9)16-4-3-14-8(16)6-13/h1-4H. The van der Waals surface area contributed by atoms with Crippen LogP contribution in [0.3, 0.4) is 0 Å². The Labute approximate surface area is 96.2 Å². The van der Waals surface area contributed by atoms with Crippen LogP contribution in [0.4, 0.5) is 0 Å². The van der Waals surface area contributed by atoms with Crippen molar-refractivity contribution in [2.45, 2.75) is 0 Å². The molecule has 2 rings (SSSR count). The first kappa shape index (κ1) is 10.2. The molecule has 0 atom stereocenters. The molecule has 0 radical (unpaired) electrons. The Balaban J connectivity index is 2.67. The summed E-state index contributed by atoms with van der Waals surface area (Å²) in [4.78, 5) is 7.85. The Bertz CT molecular complexity index is 617. The SMILES string of the molecule is N#Cc1ccnc(-n2ccnc2C#N)c1Cl. The Morgan fingerprint density at radius 3 is 2.69 bits per heavy atom. The van der Waals surface area contributed by atoms with E-state index in [1.807, 2.05) is 12.1 Å². The summed E-state index contributed by atoms with van der Waals surface area (Å²) >= 11 is 5.99. The quantitative estimate of drug-likeness (QED) is 0.745. The molecule has 0 amide bonds. The summed E-state index contributed by atoms with van der Waals surface area (Å²) in [6.45, 7) is 0. The summed E-state index contributed by atoms with van der Waals surface area (Å²) in [7, 11) is 0. The van der Waals surface area contributed by atoms with Gasteiger partial charge in [0.05, 0.1) is 5.56 Å². The zero-order chi connectivity index (χ0) is 11.5. The molecule has 76 valence electrons. The third-order valence-electron chi connectivity index (χ3n) is 1.96. The molecule has 0 fully saturated rings. The lowest BCUT2D eigenvalue weighted by atomic mass is 10.3. The lowest BCUT2D eigenvalue weighted by Crippen LogP contribution is -2.01. The minimum absolute atomic E-state index is 0.171. The van der Waals surface area contributed by atoms with Crippen LogP contribution in [0.25, 0.3) is 5.82 Å². The molecule has 16 heavy (non-hydrogen) atoms. The first-order chi connectivity index (χ1) is 7.77. The number of nitriles is 2. The van der Waals surface area contributed by atoms with E-state index >= 15 is 0 Å². The van der Waals surface area contributed by atoms with Gasteiger partial charge in [-0.05, 0) is 6.07 Å². The van der Waals surface area contributed by atoms with Crippen LogP contribution in [0.15, 0.2) is 24.7 Å². The van der Waals surface area contributed by atoms with Crippen molar-refractivity contribution in [3.05, 3.63) is 41.1 Å². The number of rotatable bonds is 1. The maximum atomic E-state index is 8.82. The number of hydrogen-bond donors (Lipinski definition) is 0. The largest absolute Gasteiger partial charge is 0.274 e. The predicted molar refractivity (Wildman–Crippen MR) is 55.8 cm³/mol. The van der Waals surface area contributed by atoms with Crippen molar-refractivity contribution in [3.8, 4) is 18.0 Å². The second kappa shape index (κ2) is 4.01. The van der Waals surface area contributed by atoms with Gasteiger partial charge in [0.1, 0.15) is 17.2 Å². The molecule has 2 heterocycles. The number of aromatic nitrogens is 3. The van der Waals surface area contributed by atoms with Gasteiger partial charge in [-0.25, -0.2) is 9.97 Å². The van der Waals surface area contributed by atoms with Gasteiger partial charge in [0, 0.05) is 18.6 Å². The summed E-state index contributed by atoms with van der Waals surface area (Å²) in [6, 6.07) is 5.36. The Morgan fingerprint density at radius 2 is 2.00 bits per heavy atom. The molecule has 2 aromatic rings. The number of halogens is 1. The van der Waals surface area contributed by atoms with Crippen LogP contribution < -0.4 is 0 Å². The smallest absolute Gasteiger partial charge is 0.218 e. The maximum absolute atomic E-state index is 8.82. The fourth-order valence-corrected chi connectivity index (χ4v) is 1.49. The normalized spacial score (nSPS) is 9.44. The van der Waals surface area contributed by atoms with Gasteiger partial charge < -0.3 is 0 Å². The minimum Gasteiger partial charge on any atom is -0.274 e. The first-order valence-corrected chi connectivity index (χ1v) is 4.64. The molecular weight excluding hydrogens is 226 g/mol. The molecule has 5 nitrogen and oxygen atoms in total. The van der Waals surface area contributed by atoms with Crippen molar-refractivity contribution in [1.82, 2.24) is 14.5 Å². The highest BCUT2D eigenvalue weighted by Gasteiger charge is 2.12. The van der Waals surface area contributed by atoms with Crippen molar-refractivity contribution < 1.29 is 0 Å². The zero-order valence-electron chi connectivity index (χ0n) is 7.92.